The highest BCUT2D eigenvalue weighted by Gasteiger charge is 2.29. The molecule has 0 rings (SSSR count). The Hall–Kier alpha value is -1.10. The number of nitrogens with one attached hydrogen (secondary N) is 2. The molecular weight excluding hydrogens is 230 g/mol. The Labute approximate surface area is 110 Å². The standard InChI is InChI=1S/C13H27N3O2/c1-9(2)13(6,8-14)16-10(17)7-15-11(18)12(3,4)5/h9H,7-8,14H2,1-6H3,(H,15,18)(H,16,17). The van der Waals surface area contributed by atoms with Crippen LogP contribution in [0.2, 0.25) is 0 Å². The number of nitrogens with two attached hydrogens (primary N) is 1. The molecule has 0 aliphatic heterocycles. The number of hydrogen-bond acceptors (Lipinski definition) is 3. The molecule has 0 aliphatic rings. The quantitative estimate of drug-likeness (QED) is 0.675. The van der Waals surface area contributed by atoms with Gasteiger partial charge in [0, 0.05) is 12.0 Å². The average molecular weight is 257 g/mol. The smallest absolute Gasteiger partial charge is 0.239 e. The Kier molecular flexibility index (Phi) is 5.80. The predicted molar refractivity (Wildman–Crippen MR) is 72.9 cm³/mol. The molecule has 1 unspecified atom stereocenters. The van der Waals surface area contributed by atoms with E-state index in [1.807, 2.05) is 20.8 Å². The summed E-state index contributed by atoms with van der Waals surface area (Å²) in [6, 6.07) is 0. The summed E-state index contributed by atoms with van der Waals surface area (Å²) < 4.78 is 0. The van der Waals surface area contributed by atoms with E-state index in [4.69, 9.17) is 5.73 Å². The van der Waals surface area contributed by atoms with Crippen molar-refractivity contribution in [1.82, 2.24) is 10.6 Å². The van der Waals surface area contributed by atoms with Crippen LogP contribution in [-0.4, -0.2) is 30.4 Å². The molecule has 106 valence electrons. The fraction of sp³-hybridized carbons (Fsp3) is 0.846. The largest absolute Gasteiger partial charge is 0.348 e. The van der Waals surface area contributed by atoms with Crippen LogP contribution in [0.4, 0.5) is 0 Å². The molecule has 0 aromatic carbocycles. The summed E-state index contributed by atoms with van der Waals surface area (Å²) in [5.41, 5.74) is 4.75. The van der Waals surface area contributed by atoms with E-state index in [2.05, 4.69) is 10.6 Å². The van der Waals surface area contributed by atoms with Gasteiger partial charge in [0.15, 0.2) is 0 Å². The first kappa shape index (κ1) is 16.9. The molecule has 0 fully saturated rings. The van der Waals surface area contributed by atoms with Crippen molar-refractivity contribution in [2.45, 2.75) is 47.1 Å². The summed E-state index contributed by atoms with van der Waals surface area (Å²) in [6.07, 6.45) is 0. The highest BCUT2D eigenvalue weighted by Crippen LogP contribution is 2.14. The molecule has 0 aromatic heterocycles. The number of rotatable bonds is 5. The lowest BCUT2D eigenvalue weighted by Gasteiger charge is -2.33. The molecule has 5 heteroatoms. The second-order valence-electron chi connectivity index (χ2n) is 6.26. The van der Waals surface area contributed by atoms with Gasteiger partial charge in [-0.05, 0) is 12.8 Å². The summed E-state index contributed by atoms with van der Waals surface area (Å²) in [5, 5.41) is 5.49. The second-order valence-corrected chi connectivity index (χ2v) is 6.26. The zero-order valence-corrected chi connectivity index (χ0v) is 12.4. The van der Waals surface area contributed by atoms with Crippen LogP contribution in [0, 0.1) is 11.3 Å². The first-order valence-corrected chi connectivity index (χ1v) is 6.32. The summed E-state index contributed by atoms with van der Waals surface area (Å²) in [7, 11) is 0. The molecular formula is C13H27N3O2. The van der Waals surface area contributed by atoms with Crippen molar-refractivity contribution in [2.75, 3.05) is 13.1 Å². The van der Waals surface area contributed by atoms with Crippen LogP contribution in [-0.2, 0) is 9.59 Å². The molecule has 4 N–H and O–H groups in total. The van der Waals surface area contributed by atoms with Gasteiger partial charge in [0.05, 0.1) is 12.1 Å². The fourth-order valence-corrected chi connectivity index (χ4v) is 1.22. The van der Waals surface area contributed by atoms with E-state index in [1.165, 1.54) is 0 Å². The minimum Gasteiger partial charge on any atom is -0.348 e. The van der Waals surface area contributed by atoms with E-state index in [9.17, 15) is 9.59 Å². The lowest BCUT2D eigenvalue weighted by molar-refractivity contribution is -0.131. The van der Waals surface area contributed by atoms with Gasteiger partial charge in [-0.15, -0.1) is 0 Å². The highest BCUT2D eigenvalue weighted by atomic mass is 16.2. The first-order valence-electron chi connectivity index (χ1n) is 6.32. The van der Waals surface area contributed by atoms with Gasteiger partial charge in [0.1, 0.15) is 0 Å². The maximum Gasteiger partial charge on any atom is 0.239 e. The average Bonchev–Trinajstić information content (AvgIpc) is 2.23. The molecule has 1 atom stereocenters. The molecule has 0 bridgehead atoms. The van der Waals surface area contributed by atoms with Crippen LogP contribution in [0.15, 0.2) is 0 Å². The van der Waals surface area contributed by atoms with Crippen LogP contribution >= 0.6 is 0 Å². The number of amides is 2. The van der Waals surface area contributed by atoms with Crippen LogP contribution in [0.3, 0.4) is 0 Å². The van der Waals surface area contributed by atoms with Gasteiger partial charge in [0.25, 0.3) is 0 Å². The molecule has 2 amide bonds. The third-order valence-electron chi connectivity index (χ3n) is 3.21. The van der Waals surface area contributed by atoms with Gasteiger partial charge in [-0.1, -0.05) is 34.6 Å². The number of carbonyl (C=O) groups excluding carboxylic acids is 2. The van der Waals surface area contributed by atoms with Crippen molar-refractivity contribution in [2.24, 2.45) is 17.1 Å². The highest BCUT2D eigenvalue weighted by molar-refractivity contribution is 5.87. The van der Waals surface area contributed by atoms with Crippen molar-refractivity contribution in [3.63, 3.8) is 0 Å². The monoisotopic (exact) mass is 257 g/mol. The van der Waals surface area contributed by atoms with Crippen molar-refractivity contribution in [3.05, 3.63) is 0 Å². The Bertz CT molecular complexity index is 308. The molecule has 0 heterocycles. The van der Waals surface area contributed by atoms with Crippen molar-refractivity contribution >= 4 is 11.8 Å². The van der Waals surface area contributed by atoms with Gasteiger partial charge >= 0.3 is 0 Å². The molecule has 0 aliphatic carbocycles. The summed E-state index contributed by atoms with van der Waals surface area (Å²) in [4.78, 5) is 23.4. The Morgan fingerprint density at radius 3 is 2.00 bits per heavy atom. The van der Waals surface area contributed by atoms with Gasteiger partial charge < -0.3 is 16.4 Å². The Morgan fingerprint density at radius 2 is 1.67 bits per heavy atom. The topological polar surface area (TPSA) is 84.2 Å². The summed E-state index contributed by atoms with van der Waals surface area (Å²) in [6.45, 7) is 11.7. The van der Waals surface area contributed by atoms with E-state index in [1.54, 1.807) is 20.8 Å². The molecule has 0 spiro atoms. The zero-order valence-electron chi connectivity index (χ0n) is 12.4. The van der Waals surface area contributed by atoms with E-state index in [0.29, 0.717) is 6.54 Å². The molecule has 5 nitrogen and oxygen atoms in total. The van der Waals surface area contributed by atoms with Crippen LogP contribution in [0.1, 0.15) is 41.5 Å². The summed E-state index contributed by atoms with van der Waals surface area (Å²) >= 11 is 0. The van der Waals surface area contributed by atoms with Gasteiger partial charge in [-0.25, -0.2) is 0 Å². The van der Waals surface area contributed by atoms with Crippen LogP contribution in [0.25, 0.3) is 0 Å². The molecule has 18 heavy (non-hydrogen) atoms. The minimum absolute atomic E-state index is 0.0155. The van der Waals surface area contributed by atoms with Crippen molar-refractivity contribution < 1.29 is 9.59 Å². The fourth-order valence-electron chi connectivity index (χ4n) is 1.22. The SMILES string of the molecule is CC(C)C(C)(CN)NC(=O)CNC(=O)C(C)(C)C. The Balaban J connectivity index is 4.33. The lowest BCUT2D eigenvalue weighted by atomic mass is 9.88. The van der Waals surface area contributed by atoms with Gasteiger partial charge in [-0.2, -0.15) is 0 Å². The van der Waals surface area contributed by atoms with Gasteiger partial charge in [0.2, 0.25) is 11.8 Å². The lowest BCUT2D eigenvalue weighted by Crippen LogP contribution is -2.57. The van der Waals surface area contributed by atoms with Gasteiger partial charge in [-0.3, -0.25) is 9.59 Å². The zero-order chi connectivity index (χ0) is 14.6. The predicted octanol–water partition coefficient (Wildman–Crippen LogP) is 0.638. The maximum atomic E-state index is 11.8. The van der Waals surface area contributed by atoms with Crippen LogP contribution in [0.5, 0.6) is 0 Å². The number of carbonyl (C=O) groups is 2. The van der Waals surface area contributed by atoms with Crippen LogP contribution < -0.4 is 16.4 Å². The first-order chi connectivity index (χ1) is 8.03. The van der Waals surface area contributed by atoms with E-state index in [-0.39, 0.29) is 24.3 Å². The van der Waals surface area contributed by atoms with Crippen molar-refractivity contribution in [1.29, 1.82) is 0 Å². The number of hydrogen-bond donors (Lipinski definition) is 3. The van der Waals surface area contributed by atoms with E-state index >= 15 is 0 Å². The second kappa shape index (κ2) is 6.18. The van der Waals surface area contributed by atoms with E-state index in [0.717, 1.165) is 0 Å². The maximum absolute atomic E-state index is 11.8. The Morgan fingerprint density at radius 1 is 1.17 bits per heavy atom. The van der Waals surface area contributed by atoms with E-state index < -0.39 is 11.0 Å². The molecule has 0 aromatic rings. The molecule has 0 saturated heterocycles. The molecule has 0 saturated carbocycles. The third kappa shape index (κ3) is 5.04. The minimum atomic E-state index is -0.491. The third-order valence-corrected chi connectivity index (χ3v) is 3.21. The summed E-state index contributed by atoms with van der Waals surface area (Å²) in [5.74, 6) is -0.129. The molecule has 0 radical (unpaired) electrons. The normalized spacial score (nSPS) is 15.1. The van der Waals surface area contributed by atoms with Crippen molar-refractivity contribution in [3.8, 4) is 0 Å².